The molecule has 2 aliphatic carbocycles. The van der Waals surface area contributed by atoms with Gasteiger partial charge in [0.05, 0.1) is 0 Å². The van der Waals surface area contributed by atoms with Gasteiger partial charge in [0.25, 0.3) is 0 Å². The second kappa shape index (κ2) is 6.12. The third-order valence-corrected chi connectivity index (χ3v) is 6.36. The average molecular weight is 285 g/mol. The van der Waals surface area contributed by atoms with E-state index in [1.54, 1.807) is 11.1 Å². The Bertz CT molecular complexity index is 468. The molecule has 0 heterocycles. The number of nitrogens with one attached hydrogen (secondary N) is 1. The molecule has 1 nitrogen and oxygen atoms in total. The number of rotatable bonds is 5. The minimum Gasteiger partial charge on any atom is -0.313 e. The van der Waals surface area contributed by atoms with E-state index in [2.05, 4.69) is 50.4 Å². The highest BCUT2D eigenvalue weighted by Crippen LogP contribution is 2.40. The monoisotopic (exact) mass is 285 g/mol. The van der Waals surface area contributed by atoms with Crippen LogP contribution in [0.15, 0.2) is 24.3 Å². The van der Waals surface area contributed by atoms with Crippen molar-refractivity contribution in [3.8, 4) is 0 Å². The summed E-state index contributed by atoms with van der Waals surface area (Å²) >= 11 is 0. The van der Waals surface area contributed by atoms with Crippen LogP contribution in [0.3, 0.4) is 0 Å². The maximum Gasteiger partial charge on any atom is 0.00675 e. The van der Waals surface area contributed by atoms with Crippen LogP contribution < -0.4 is 5.32 Å². The van der Waals surface area contributed by atoms with Crippen molar-refractivity contribution >= 4 is 0 Å². The molecule has 21 heavy (non-hydrogen) atoms. The third kappa shape index (κ3) is 3.18. The van der Waals surface area contributed by atoms with Crippen LogP contribution in [0.5, 0.6) is 0 Å². The van der Waals surface area contributed by atoms with Crippen LogP contribution in [-0.4, -0.2) is 12.6 Å². The van der Waals surface area contributed by atoms with E-state index in [0.29, 0.717) is 5.41 Å². The molecular formula is C20H31N. The molecule has 1 fully saturated rings. The van der Waals surface area contributed by atoms with Gasteiger partial charge in [0.1, 0.15) is 0 Å². The molecule has 0 aliphatic heterocycles. The van der Waals surface area contributed by atoms with Crippen molar-refractivity contribution in [1.29, 1.82) is 0 Å². The van der Waals surface area contributed by atoms with Gasteiger partial charge >= 0.3 is 0 Å². The normalized spacial score (nSPS) is 28.8. The van der Waals surface area contributed by atoms with Gasteiger partial charge in [-0.3, -0.25) is 0 Å². The fourth-order valence-corrected chi connectivity index (χ4v) is 4.22. The summed E-state index contributed by atoms with van der Waals surface area (Å²) in [4.78, 5) is 0. The molecule has 0 amide bonds. The molecule has 2 aliphatic rings. The highest BCUT2D eigenvalue weighted by atomic mass is 14.9. The minimum atomic E-state index is 0.540. The first-order valence-corrected chi connectivity index (χ1v) is 8.91. The van der Waals surface area contributed by atoms with Gasteiger partial charge in [0, 0.05) is 18.5 Å². The van der Waals surface area contributed by atoms with Crippen molar-refractivity contribution in [3.63, 3.8) is 0 Å². The topological polar surface area (TPSA) is 12.0 Å². The van der Waals surface area contributed by atoms with Crippen LogP contribution in [-0.2, 0) is 6.42 Å². The van der Waals surface area contributed by atoms with Gasteiger partial charge in [0.2, 0.25) is 0 Å². The van der Waals surface area contributed by atoms with Gasteiger partial charge in [-0.2, -0.15) is 0 Å². The van der Waals surface area contributed by atoms with Crippen molar-refractivity contribution in [1.82, 2.24) is 5.32 Å². The number of fused-ring (bicyclic) bond motifs is 1. The van der Waals surface area contributed by atoms with E-state index in [-0.39, 0.29) is 0 Å². The molecule has 116 valence electrons. The van der Waals surface area contributed by atoms with Crippen LogP contribution in [0.25, 0.3) is 0 Å². The summed E-state index contributed by atoms with van der Waals surface area (Å²) in [6.45, 7) is 8.44. The Kier molecular flexibility index (Phi) is 4.40. The van der Waals surface area contributed by atoms with Crippen molar-refractivity contribution in [2.24, 2.45) is 11.3 Å². The summed E-state index contributed by atoms with van der Waals surface area (Å²) in [5.41, 5.74) is 3.70. The van der Waals surface area contributed by atoms with E-state index in [0.717, 1.165) is 17.9 Å². The lowest BCUT2D eigenvalue weighted by atomic mass is 9.69. The number of hydrogen-bond acceptors (Lipinski definition) is 1. The zero-order valence-electron chi connectivity index (χ0n) is 14.0. The summed E-state index contributed by atoms with van der Waals surface area (Å²) < 4.78 is 0. The van der Waals surface area contributed by atoms with E-state index < -0.39 is 0 Å². The molecule has 0 spiro atoms. The predicted octanol–water partition coefficient (Wildman–Crippen LogP) is 4.91. The quantitative estimate of drug-likeness (QED) is 0.810. The van der Waals surface area contributed by atoms with Gasteiger partial charge in [-0.15, -0.1) is 0 Å². The maximum absolute atomic E-state index is 3.85. The van der Waals surface area contributed by atoms with Crippen LogP contribution in [0.2, 0.25) is 0 Å². The fourth-order valence-electron chi connectivity index (χ4n) is 4.22. The van der Waals surface area contributed by atoms with Crippen LogP contribution in [0, 0.1) is 11.3 Å². The van der Waals surface area contributed by atoms with Gasteiger partial charge < -0.3 is 5.32 Å². The summed E-state index contributed by atoms with van der Waals surface area (Å²) in [5.74, 6) is 1.70. The number of benzene rings is 1. The Morgan fingerprint density at radius 2 is 1.81 bits per heavy atom. The molecule has 1 heteroatoms. The second-order valence-electron chi connectivity index (χ2n) is 7.90. The molecule has 0 radical (unpaired) electrons. The van der Waals surface area contributed by atoms with E-state index in [1.165, 1.54) is 45.1 Å². The van der Waals surface area contributed by atoms with Gasteiger partial charge in [0.15, 0.2) is 0 Å². The predicted molar refractivity (Wildman–Crippen MR) is 90.7 cm³/mol. The van der Waals surface area contributed by atoms with E-state index in [4.69, 9.17) is 0 Å². The van der Waals surface area contributed by atoms with Gasteiger partial charge in [-0.05, 0) is 54.6 Å². The Labute approximate surface area is 130 Å². The highest BCUT2D eigenvalue weighted by Gasteiger charge is 2.32. The zero-order chi connectivity index (χ0) is 14.9. The molecule has 0 aromatic heterocycles. The van der Waals surface area contributed by atoms with Crippen LogP contribution in [0.4, 0.5) is 0 Å². The zero-order valence-corrected chi connectivity index (χ0v) is 14.0. The Morgan fingerprint density at radius 1 is 1.10 bits per heavy atom. The summed E-state index contributed by atoms with van der Waals surface area (Å²) in [6, 6.07) is 9.71. The molecule has 1 saturated carbocycles. The van der Waals surface area contributed by atoms with Crippen molar-refractivity contribution in [3.05, 3.63) is 35.4 Å². The summed E-state index contributed by atoms with van der Waals surface area (Å²) in [6.07, 6.45) is 8.18. The molecule has 3 rings (SSSR count). The van der Waals surface area contributed by atoms with E-state index in [9.17, 15) is 0 Å². The molecule has 1 aromatic carbocycles. The Hall–Kier alpha value is -0.820. The lowest BCUT2D eigenvalue weighted by molar-refractivity contribution is 0.136. The second-order valence-corrected chi connectivity index (χ2v) is 7.90. The molecule has 0 saturated heterocycles. The first kappa shape index (κ1) is 15.1. The Morgan fingerprint density at radius 3 is 2.48 bits per heavy atom. The number of hydrogen-bond donors (Lipinski definition) is 1. The highest BCUT2D eigenvalue weighted by molar-refractivity contribution is 5.40. The molecule has 1 aromatic rings. The van der Waals surface area contributed by atoms with Crippen molar-refractivity contribution < 1.29 is 0 Å². The van der Waals surface area contributed by atoms with Crippen LogP contribution >= 0.6 is 0 Å². The molecule has 0 bridgehead atoms. The fraction of sp³-hybridized carbons (Fsp3) is 0.700. The SMILES string of the molecule is CCC(C)(C)C1CCC(NCC2Cc3ccccc32)CC1. The lowest BCUT2D eigenvalue weighted by Gasteiger charge is -2.40. The van der Waals surface area contributed by atoms with Crippen LogP contribution in [0.1, 0.15) is 69.9 Å². The largest absolute Gasteiger partial charge is 0.313 e. The standard InChI is InChI=1S/C20H31N/c1-4-20(2,3)17-9-11-18(12-10-17)21-14-16-13-15-7-5-6-8-19(15)16/h5-8,16-18,21H,4,9-14H2,1-3H3. The maximum atomic E-state index is 3.85. The Balaban J connectivity index is 1.43. The third-order valence-electron chi connectivity index (χ3n) is 6.36. The average Bonchev–Trinajstić information content (AvgIpc) is 2.49. The molecule has 1 N–H and O–H groups in total. The van der Waals surface area contributed by atoms with Gasteiger partial charge in [-0.25, -0.2) is 0 Å². The molecule has 1 atom stereocenters. The summed E-state index contributed by atoms with van der Waals surface area (Å²) in [5, 5.41) is 3.85. The van der Waals surface area contributed by atoms with E-state index >= 15 is 0 Å². The van der Waals surface area contributed by atoms with Gasteiger partial charge in [-0.1, -0.05) is 51.5 Å². The molecular weight excluding hydrogens is 254 g/mol. The lowest BCUT2D eigenvalue weighted by Crippen LogP contribution is -2.40. The van der Waals surface area contributed by atoms with Crippen molar-refractivity contribution in [2.75, 3.05) is 6.54 Å². The van der Waals surface area contributed by atoms with Crippen molar-refractivity contribution in [2.45, 2.75) is 71.3 Å². The summed E-state index contributed by atoms with van der Waals surface area (Å²) in [7, 11) is 0. The first-order chi connectivity index (χ1) is 10.1. The minimum absolute atomic E-state index is 0.540. The molecule has 1 unspecified atom stereocenters. The first-order valence-electron chi connectivity index (χ1n) is 8.91. The van der Waals surface area contributed by atoms with E-state index in [1.807, 2.05) is 0 Å². The smallest absolute Gasteiger partial charge is 0.00675 e.